The molecular formula is C26H27N3O6. The fraction of sp³-hybridized carbons (Fsp3) is 0.308. The van der Waals surface area contributed by atoms with Gasteiger partial charge in [-0.3, -0.25) is 4.79 Å². The molecule has 2 aromatic carbocycles. The molecule has 1 atom stereocenters. The zero-order valence-corrected chi connectivity index (χ0v) is 19.7. The van der Waals surface area contributed by atoms with E-state index in [1.807, 2.05) is 36.4 Å². The Kier molecular flexibility index (Phi) is 6.59. The summed E-state index contributed by atoms with van der Waals surface area (Å²) in [5, 5.41) is 14.5. The molecule has 0 aliphatic heterocycles. The number of fused-ring (bicyclic) bond motifs is 3. The number of alkyl carbamates (subject to hydrolysis) is 1. The van der Waals surface area contributed by atoms with Gasteiger partial charge in [0, 0.05) is 5.92 Å². The summed E-state index contributed by atoms with van der Waals surface area (Å²) in [5.41, 5.74) is 3.64. The van der Waals surface area contributed by atoms with Crippen molar-refractivity contribution in [1.29, 1.82) is 0 Å². The van der Waals surface area contributed by atoms with Crippen LogP contribution < -0.4 is 10.6 Å². The van der Waals surface area contributed by atoms with Crippen LogP contribution in [0.2, 0.25) is 0 Å². The first-order valence-electron chi connectivity index (χ1n) is 11.2. The Balaban J connectivity index is 1.37. The number of carboxylic acids is 1. The highest BCUT2D eigenvalue weighted by Crippen LogP contribution is 2.44. The third-order valence-corrected chi connectivity index (χ3v) is 5.98. The van der Waals surface area contributed by atoms with Crippen LogP contribution in [0, 0.1) is 5.41 Å². The molecule has 35 heavy (non-hydrogen) atoms. The molecule has 0 saturated carbocycles. The molecule has 0 unspecified atom stereocenters. The largest absolute Gasteiger partial charge is 0.480 e. The molecule has 0 spiro atoms. The number of carbonyl (C=O) groups is 3. The van der Waals surface area contributed by atoms with Gasteiger partial charge in [0.05, 0.1) is 6.54 Å². The molecule has 1 aliphatic rings. The second kappa shape index (κ2) is 9.61. The minimum atomic E-state index is -1.16. The molecule has 2 amide bonds. The Bertz CT molecular complexity index is 1210. The number of aliphatic carboxylic acids is 1. The summed E-state index contributed by atoms with van der Waals surface area (Å²) in [4.78, 5) is 40.5. The third-order valence-electron chi connectivity index (χ3n) is 5.98. The normalized spacial score (nSPS) is 13.5. The second-order valence-corrected chi connectivity index (χ2v) is 9.41. The number of benzene rings is 2. The van der Waals surface area contributed by atoms with Crippen molar-refractivity contribution >= 4 is 18.0 Å². The van der Waals surface area contributed by atoms with E-state index >= 15 is 0 Å². The van der Waals surface area contributed by atoms with Gasteiger partial charge in [-0.15, -0.1) is 0 Å². The van der Waals surface area contributed by atoms with Crippen molar-refractivity contribution in [1.82, 2.24) is 15.6 Å². The van der Waals surface area contributed by atoms with Gasteiger partial charge >= 0.3 is 12.1 Å². The smallest absolute Gasteiger partial charge is 0.407 e. The van der Waals surface area contributed by atoms with Gasteiger partial charge in [-0.25, -0.2) is 14.6 Å². The zero-order valence-electron chi connectivity index (χ0n) is 19.7. The topological polar surface area (TPSA) is 131 Å². The number of aromatic nitrogens is 1. The number of carboxylic acid groups (broad SMARTS) is 1. The van der Waals surface area contributed by atoms with E-state index in [0.717, 1.165) is 28.6 Å². The van der Waals surface area contributed by atoms with Crippen molar-refractivity contribution < 1.29 is 28.6 Å². The van der Waals surface area contributed by atoms with Crippen LogP contribution >= 0.6 is 0 Å². The minimum Gasteiger partial charge on any atom is -0.480 e. The molecule has 1 aliphatic carbocycles. The summed E-state index contributed by atoms with van der Waals surface area (Å²) in [7, 11) is 0. The molecule has 3 aromatic rings. The van der Waals surface area contributed by atoms with E-state index in [1.165, 1.54) is 0 Å². The lowest BCUT2D eigenvalue weighted by Crippen LogP contribution is -2.49. The zero-order chi connectivity index (χ0) is 25.2. The lowest BCUT2D eigenvalue weighted by atomic mass is 9.86. The van der Waals surface area contributed by atoms with Gasteiger partial charge in [-0.05, 0) is 27.7 Å². The molecule has 1 aromatic heterocycles. The van der Waals surface area contributed by atoms with Gasteiger partial charge in [0.15, 0.2) is 17.8 Å². The number of hydrogen-bond donors (Lipinski definition) is 3. The van der Waals surface area contributed by atoms with Crippen LogP contribution in [0.1, 0.15) is 54.1 Å². The first-order valence-corrected chi connectivity index (χ1v) is 11.2. The Labute approximate surface area is 202 Å². The first kappa shape index (κ1) is 24.0. The molecule has 9 heteroatoms. The number of carbonyl (C=O) groups excluding carboxylic acids is 2. The van der Waals surface area contributed by atoms with Crippen molar-refractivity contribution in [2.75, 3.05) is 6.61 Å². The summed E-state index contributed by atoms with van der Waals surface area (Å²) in [5.74, 6) is -1.85. The lowest BCUT2D eigenvalue weighted by molar-refractivity contribution is -0.142. The van der Waals surface area contributed by atoms with E-state index in [4.69, 9.17) is 9.15 Å². The predicted octanol–water partition coefficient (Wildman–Crippen LogP) is 3.94. The van der Waals surface area contributed by atoms with E-state index in [1.54, 1.807) is 20.8 Å². The maximum absolute atomic E-state index is 12.6. The number of ether oxygens (including phenoxy) is 1. The Morgan fingerprint density at radius 1 is 1.06 bits per heavy atom. The number of amides is 2. The van der Waals surface area contributed by atoms with Crippen LogP contribution in [0.25, 0.3) is 11.1 Å². The van der Waals surface area contributed by atoms with Gasteiger partial charge in [-0.1, -0.05) is 69.3 Å². The SMILES string of the molecule is CC(C)(C)[C@H](NC(=O)c1ncoc1CNC(=O)OCC1c2ccccc2-c2ccccc21)C(=O)O. The maximum Gasteiger partial charge on any atom is 0.407 e. The van der Waals surface area contributed by atoms with Crippen LogP contribution in [-0.2, 0) is 16.1 Å². The van der Waals surface area contributed by atoms with E-state index in [9.17, 15) is 19.5 Å². The molecule has 0 fully saturated rings. The number of oxazole rings is 1. The number of rotatable bonds is 7. The molecule has 182 valence electrons. The standard InChI is InChI=1S/C26H27N3O6/c1-26(2,3)22(24(31)32)29-23(30)21-20(35-14-28-21)12-27-25(33)34-13-19-17-10-6-4-8-15(17)16-9-5-7-11-18(16)19/h4-11,14,19,22H,12-13H2,1-3H3,(H,27,33)(H,29,30)(H,31,32)/t22-/m1/s1. The molecular weight excluding hydrogens is 450 g/mol. The molecule has 1 heterocycles. The van der Waals surface area contributed by atoms with Gasteiger partial charge < -0.3 is 24.9 Å². The van der Waals surface area contributed by atoms with Crippen molar-refractivity contribution in [2.24, 2.45) is 5.41 Å². The van der Waals surface area contributed by atoms with Crippen LogP contribution in [0.4, 0.5) is 4.79 Å². The second-order valence-electron chi connectivity index (χ2n) is 9.41. The average molecular weight is 478 g/mol. The van der Waals surface area contributed by atoms with Crippen LogP contribution in [0.3, 0.4) is 0 Å². The minimum absolute atomic E-state index is 0.0786. The molecule has 9 nitrogen and oxygen atoms in total. The number of hydrogen-bond acceptors (Lipinski definition) is 6. The highest BCUT2D eigenvalue weighted by Gasteiger charge is 2.34. The Hall–Kier alpha value is -4.14. The first-order chi connectivity index (χ1) is 16.7. The summed E-state index contributed by atoms with van der Waals surface area (Å²) in [6.07, 6.45) is 0.393. The molecule has 3 N–H and O–H groups in total. The predicted molar refractivity (Wildman–Crippen MR) is 127 cm³/mol. The number of nitrogens with one attached hydrogen (secondary N) is 2. The highest BCUT2D eigenvalue weighted by molar-refractivity contribution is 5.96. The third kappa shape index (κ3) is 5.03. The Morgan fingerprint density at radius 2 is 1.66 bits per heavy atom. The van der Waals surface area contributed by atoms with Crippen molar-refractivity contribution in [3.8, 4) is 11.1 Å². The summed E-state index contributed by atoms with van der Waals surface area (Å²) < 4.78 is 10.7. The van der Waals surface area contributed by atoms with E-state index in [0.29, 0.717) is 0 Å². The van der Waals surface area contributed by atoms with Crippen LogP contribution in [-0.4, -0.2) is 40.7 Å². The van der Waals surface area contributed by atoms with Gasteiger partial charge in [-0.2, -0.15) is 0 Å². The quantitative estimate of drug-likeness (QED) is 0.470. The molecule has 0 bridgehead atoms. The monoisotopic (exact) mass is 477 g/mol. The summed E-state index contributed by atoms with van der Waals surface area (Å²) in [6, 6.07) is 14.9. The molecule has 4 rings (SSSR count). The van der Waals surface area contributed by atoms with Gasteiger partial charge in [0.1, 0.15) is 12.6 Å². The number of nitrogens with zero attached hydrogens (tertiary/aromatic N) is 1. The summed E-state index contributed by atoms with van der Waals surface area (Å²) >= 11 is 0. The summed E-state index contributed by atoms with van der Waals surface area (Å²) in [6.45, 7) is 5.11. The fourth-order valence-corrected chi connectivity index (χ4v) is 4.23. The van der Waals surface area contributed by atoms with E-state index in [2.05, 4.69) is 27.8 Å². The van der Waals surface area contributed by atoms with E-state index < -0.39 is 29.4 Å². The van der Waals surface area contributed by atoms with Crippen LogP contribution in [0.5, 0.6) is 0 Å². The highest BCUT2D eigenvalue weighted by atomic mass is 16.5. The van der Waals surface area contributed by atoms with Crippen molar-refractivity contribution in [3.63, 3.8) is 0 Å². The fourth-order valence-electron chi connectivity index (χ4n) is 4.23. The Morgan fingerprint density at radius 3 is 2.23 bits per heavy atom. The average Bonchev–Trinajstić information content (AvgIpc) is 3.41. The van der Waals surface area contributed by atoms with Gasteiger partial charge in [0.25, 0.3) is 5.91 Å². The van der Waals surface area contributed by atoms with Crippen LogP contribution in [0.15, 0.2) is 59.3 Å². The maximum atomic E-state index is 12.6. The molecule has 0 radical (unpaired) electrons. The van der Waals surface area contributed by atoms with Crippen molar-refractivity contribution in [3.05, 3.63) is 77.5 Å². The lowest BCUT2D eigenvalue weighted by Gasteiger charge is -2.27. The van der Waals surface area contributed by atoms with E-state index in [-0.39, 0.29) is 30.5 Å². The molecule has 0 saturated heterocycles. The van der Waals surface area contributed by atoms with Gasteiger partial charge in [0.2, 0.25) is 0 Å². The van der Waals surface area contributed by atoms with Crippen molar-refractivity contribution in [2.45, 2.75) is 39.3 Å².